The number of aromatic nitrogens is 1. The second-order valence-electron chi connectivity index (χ2n) is 9.63. The van der Waals surface area contributed by atoms with E-state index in [1.807, 2.05) is 51.1 Å². The van der Waals surface area contributed by atoms with Gasteiger partial charge in [0.25, 0.3) is 5.56 Å². The molecule has 0 saturated heterocycles. The van der Waals surface area contributed by atoms with Crippen LogP contribution in [0.3, 0.4) is 0 Å². The molecule has 0 aliphatic heterocycles. The van der Waals surface area contributed by atoms with Crippen LogP contribution in [0.5, 0.6) is 11.5 Å². The smallest absolute Gasteiger partial charge is 0.412 e. The first kappa shape index (κ1) is 25.1. The van der Waals surface area contributed by atoms with Crippen molar-refractivity contribution in [3.8, 4) is 11.5 Å². The molecule has 3 aromatic rings. The zero-order valence-electron chi connectivity index (χ0n) is 20.6. The van der Waals surface area contributed by atoms with Crippen molar-refractivity contribution in [2.45, 2.75) is 53.7 Å². The zero-order valence-corrected chi connectivity index (χ0v) is 20.6. The summed E-state index contributed by atoms with van der Waals surface area (Å²) in [7, 11) is 1.44. The number of amides is 1. The monoisotopic (exact) mass is 466 g/mol. The molecule has 0 atom stereocenters. The van der Waals surface area contributed by atoms with Crippen LogP contribution in [0.1, 0.15) is 46.1 Å². The van der Waals surface area contributed by atoms with Gasteiger partial charge in [0.1, 0.15) is 12.4 Å². The van der Waals surface area contributed by atoms with Gasteiger partial charge in [0, 0.05) is 19.0 Å². The Morgan fingerprint density at radius 1 is 1.06 bits per heavy atom. The normalized spacial score (nSPS) is 11.4. The van der Waals surface area contributed by atoms with Crippen molar-refractivity contribution in [3.05, 3.63) is 64.4 Å². The van der Waals surface area contributed by atoms with Crippen molar-refractivity contribution < 1.29 is 19.4 Å². The highest BCUT2D eigenvalue weighted by Gasteiger charge is 2.27. The first-order valence-corrected chi connectivity index (χ1v) is 11.6. The number of carboxylic acid groups (broad SMARTS) is 1. The molecule has 7 heteroatoms. The van der Waals surface area contributed by atoms with Gasteiger partial charge in [0.05, 0.1) is 12.0 Å². The molecule has 0 unspecified atom stereocenters. The van der Waals surface area contributed by atoms with Crippen molar-refractivity contribution in [2.24, 2.45) is 5.41 Å². The number of benzene rings is 2. The summed E-state index contributed by atoms with van der Waals surface area (Å²) in [5.74, 6) is 1.19. The van der Waals surface area contributed by atoms with Gasteiger partial charge in [-0.1, -0.05) is 64.4 Å². The first-order chi connectivity index (χ1) is 16.1. The van der Waals surface area contributed by atoms with Crippen LogP contribution >= 0.6 is 0 Å². The van der Waals surface area contributed by atoms with Crippen LogP contribution in [0, 0.1) is 5.41 Å². The summed E-state index contributed by atoms with van der Waals surface area (Å²) in [6.07, 6.45) is 0.563. The molecule has 2 aromatic carbocycles. The molecule has 7 nitrogen and oxygen atoms in total. The lowest BCUT2D eigenvalue weighted by molar-refractivity contribution is 0.202. The highest BCUT2D eigenvalue weighted by Crippen LogP contribution is 2.37. The van der Waals surface area contributed by atoms with Gasteiger partial charge in [-0.3, -0.25) is 14.3 Å². The van der Waals surface area contributed by atoms with Gasteiger partial charge in [-0.05, 0) is 35.6 Å². The van der Waals surface area contributed by atoms with E-state index in [-0.39, 0.29) is 16.8 Å². The molecule has 0 aliphatic carbocycles. The van der Waals surface area contributed by atoms with Crippen LogP contribution < -0.4 is 19.9 Å². The minimum Gasteiger partial charge on any atom is -0.489 e. The van der Waals surface area contributed by atoms with E-state index in [1.54, 1.807) is 18.2 Å². The molecule has 0 fully saturated rings. The Labute approximate surface area is 200 Å². The van der Waals surface area contributed by atoms with Crippen molar-refractivity contribution >= 4 is 22.7 Å². The number of fused-ring (bicyclic) bond motifs is 1. The molecule has 34 heavy (non-hydrogen) atoms. The third kappa shape index (κ3) is 5.90. The summed E-state index contributed by atoms with van der Waals surface area (Å²) in [6.45, 7) is 9.20. The standard InChI is InChI=1S/C27H34N2O5/c1-6-7-15-33-23-22-16-20(34-17-19-11-9-8-10-12-19)13-14-21(22)25(30)29(18-27(2,3)4)24(23)28(5)26(31)32/h8-14,16H,6-7,15,17-18H2,1-5H3,(H,31,32). The average Bonchev–Trinajstić information content (AvgIpc) is 2.80. The minimum absolute atomic E-state index is 0.233. The molecular weight excluding hydrogens is 432 g/mol. The second kappa shape index (κ2) is 10.6. The largest absolute Gasteiger partial charge is 0.489 e. The van der Waals surface area contributed by atoms with Gasteiger partial charge < -0.3 is 14.6 Å². The van der Waals surface area contributed by atoms with E-state index < -0.39 is 6.09 Å². The second-order valence-corrected chi connectivity index (χ2v) is 9.63. The molecule has 1 aromatic heterocycles. The van der Waals surface area contributed by atoms with Gasteiger partial charge >= 0.3 is 6.09 Å². The molecule has 1 N–H and O–H groups in total. The highest BCUT2D eigenvalue weighted by atomic mass is 16.5. The number of ether oxygens (including phenoxy) is 2. The molecule has 1 amide bonds. The molecule has 0 saturated carbocycles. The summed E-state index contributed by atoms with van der Waals surface area (Å²) < 4.78 is 13.7. The molecule has 3 rings (SSSR count). The fourth-order valence-electron chi connectivity index (χ4n) is 3.72. The maximum absolute atomic E-state index is 13.6. The zero-order chi connectivity index (χ0) is 24.9. The molecule has 182 valence electrons. The van der Waals surface area contributed by atoms with Crippen molar-refractivity contribution in [3.63, 3.8) is 0 Å². The number of anilines is 1. The Balaban J connectivity index is 2.20. The van der Waals surface area contributed by atoms with Gasteiger partial charge in [-0.15, -0.1) is 0 Å². The third-order valence-corrected chi connectivity index (χ3v) is 5.40. The lowest BCUT2D eigenvalue weighted by Crippen LogP contribution is -2.35. The number of carbonyl (C=O) groups is 1. The summed E-state index contributed by atoms with van der Waals surface area (Å²) in [5.41, 5.74) is 0.504. The maximum Gasteiger partial charge on any atom is 0.412 e. The van der Waals surface area contributed by atoms with Crippen LogP contribution in [0.15, 0.2) is 53.3 Å². The van der Waals surface area contributed by atoms with Crippen LogP contribution in [0.2, 0.25) is 0 Å². The van der Waals surface area contributed by atoms with Gasteiger partial charge in [0.15, 0.2) is 11.6 Å². The van der Waals surface area contributed by atoms with Gasteiger partial charge in [-0.25, -0.2) is 4.79 Å². The number of hydrogen-bond donors (Lipinski definition) is 1. The van der Waals surface area contributed by atoms with Gasteiger partial charge in [-0.2, -0.15) is 0 Å². The number of hydrogen-bond acceptors (Lipinski definition) is 4. The Kier molecular flexibility index (Phi) is 7.87. The van der Waals surface area contributed by atoms with Crippen LogP contribution in [-0.4, -0.2) is 29.4 Å². The summed E-state index contributed by atoms with van der Waals surface area (Å²) >= 11 is 0. The van der Waals surface area contributed by atoms with Crippen molar-refractivity contribution in [1.82, 2.24) is 4.57 Å². The van der Waals surface area contributed by atoms with E-state index >= 15 is 0 Å². The van der Waals surface area contributed by atoms with Gasteiger partial charge in [0.2, 0.25) is 0 Å². The Hall–Kier alpha value is -3.48. The highest BCUT2D eigenvalue weighted by molar-refractivity contribution is 5.97. The van der Waals surface area contributed by atoms with Crippen molar-refractivity contribution in [2.75, 3.05) is 18.6 Å². The Morgan fingerprint density at radius 3 is 2.38 bits per heavy atom. The topological polar surface area (TPSA) is 81.0 Å². The van der Waals surface area contributed by atoms with E-state index in [4.69, 9.17) is 9.47 Å². The van der Waals surface area contributed by atoms with E-state index in [0.717, 1.165) is 23.3 Å². The molecule has 0 bridgehead atoms. The van der Waals surface area contributed by atoms with Crippen LogP contribution in [-0.2, 0) is 13.2 Å². The number of pyridine rings is 1. The third-order valence-electron chi connectivity index (χ3n) is 5.40. The van der Waals surface area contributed by atoms with Crippen molar-refractivity contribution in [1.29, 1.82) is 0 Å². The Bertz CT molecular complexity index is 1200. The number of rotatable bonds is 9. The number of unbranched alkanes of at least 4 members (excludes halogenated alkanes) is 1. The summed E-state index contributed by atoms with van der Waals surface area (Å²) in [5, 5.41) is 10.8. The van der Waals surface area contributed by atoms with E-state index in [0.29, 0.717) is 42.0 Å². The predicted molar refractivity (Wildman–Crippen MR) is 135 cm³/mol. The molecular formula is C27H34N2O5. The predicted octanol–water partition coefficient (Wildman–Crippen LogP) is 5.92. The Morgan fingerprint density at radius 2 is 1.76 bits per heavy atom. The minimum atomic E-state index is -1.17. The first-order valence-electron chi connectivity index (χ1n) is 11.6. The lowest BCUT2D eigenvalue weighted by atomic mass is 9.96. The fourth-order valence-corrected chi connectivity index (χ4v) is 3.72. The van der Waals surface area contributed by atoms with Crippen LogP contribution in [0.25, 0.3) is 10.8 Å². The quantitative estimate of drug-likeness (QED) is 0.396. The summed E-state index contributed by atoms with van der Waals surface area (Å²) in [6, 6.07) is 15.1. The fraction of sp³-hybridized carbons (Fsp3) is 0.407. The SMILES string of the molecule is CCCCOc1c(N(C)C(=O)O)n(CC(C)(C)C)c(=O)c2ccc(OCc3ccccc3)cc12. The van der Waals surface area contributed by atoms with E-state index in [1.165, 1.54) is 11.6 Å². The van der Waals surface area contributed by atoms with E-state index in [9.17, 15) is 14.7 Å². The molecule has 0 radical (unpaired) electrons. The molecule has 1 heterocycles. The maximum atomic E-state index is 13.6. The average molecular weight is 467 g/mol. The number of nitrogens with zero attached hydrogens (tertiary/aromatic N) is 2. The molecule has 0 aliphatic rings. The lowest BCUT2D eigenvalue weighted by Gasteiger charge is -2.28. The van der Waals surface area contributed by atoms with Crippen LogP contribution in [0.4, 0.5) is 10.6 Å². The van der Waals surface area contributed by atoms with E-state index in [2.05, 4.69) is 6.92 Å². The summed E-state index contributed by atoms with van der Waals surface area (Å²) in [4.78, 5) is 26.6. The molecule has 0 spiro atoms.